The molecule has 6 heteroatoms. The molecule has 1 heterocycles. The zero-order chi connectivity index (χ0) is 13.1. The number of anilines is 1. The second kappa shape index (κ2) is 4.70. The highest BCUT2D eigenvalue weighted by Crippen LogP contribution is 2.15. The van der Waals surface area contributed by atoms with Crippen LogP contribution in [0.25, 0.3) is 11.4 Å². The van der Waals surface area contributed by atoms with E-state index in [9.17, 15) is 9.59 Å². The topological polar surface area (TPSA) is 98.2 Å². The number of carbonyl (C=O) groups is 1. The van der Waals surface area contributed by atoms with Crippen LogP contribution in [0.4, 0.5) is 5.82 Å². The van der Waals surface area contributed by atoms with Crippen LogP contribution in [-0.4, -0.2) is 20.6 Å². The monoisotopic (exact) mass is 245 g/mol. The van der Waals surface area contributed by atoms with Crippen LogP contribution in [0.2, 0.25) is 0 Å². The fourth-order valence-electron chi connectivity index (χ4n) is 1.62. The van der Waals surface area contributed by atoms with Gasteiger partial charge in [0.1, 0.15) is 18.2 Å². The third-order valence-electron chi connectivity index (χ3n) is 2.35. The fraction of sp³-hybridized carbons (Fsp3) is 0.0833. The number of nitrogens with zero attached hydrogens (tertiary/aromatic N) is 2. The normalized spacial score (nSPS) is 10.2. The lowest BCUT2D eigenvalue weighted by molar-refractivity contribution is -0.137. The van der Waals surface area contributed by atoms with Gasteiger partial charge in [0.25, 0.3) is 5.56 Å². The van der Waals surface area contributed by atoms with Crippen molar-refractivity contribution < 1.29 is 9.90 Å². The first-order valence-corrected chi connectivity index (χ1v) is 5.22. The van der Waals surface area contributed by atoms with Crippen molar-refractivity contribution in [3.63, 3.8) is 0 Å². The molecule has 3 N–H and O–H groups in total. The minimum absolute atomic E-state index is 0.0699. The van der Waals surface area contributed by atoms with E-state index in [1.165, 1.54) is 0 Å². The second-order valence-electron chi connectivity index (χ2n) is 3.69. The molecule has 1 aromatic carbocycles. The molecule has 0 aliphatic heterocycles. The van der Waals surface area contributed by atoms with Gasteiger partial charge in [0.2, 0.25) is 0 Å². The summed E-state index contributed by atoms with van der Waals surface area (Å²) in [5.74, 6) is -0.788. The Balaban J connectivity index is 2.65. The first-order valence-electron chi connectivity index (χ1n) is 5.22. The van der Waals surface area contributed by atoms with Gasteiger partial charge in [0, 0.05) is 11.6 Å². The molecule has 0 amide bonds. The highest BCUT2D eigenvalue weighted by Gasteiger charge is 2.12. The largest absolute Gasteiger partial charge is 0.480 e. The van der Waals surface area contributed by atoms with Crippen LogP contribution in [0.3, 0.4) is 0 Å². The molecule has 0 aliphatic carbocycles. The number of rotatable bonds is 3. The van der Waals surface area contributed by atoms with E-state index in [0.29, 0.717) is 5.56 Å². The van der Waals surface area contributed by atoms with Crippen molar-refractivity contribution >= 4 is 11.8 Å². The summed E-state index contributed by atoms with van der Waals surface area (Å²) in [6, 6.07) is 9.94. The van der Waals surface area contributed by atoms with Gasteiger partial charge < -0.3 is 10.8 Å². The summed E-state index contributed by atoms with van der Waals surface area (Å²) >= 11 is 0. The standard InChI is InChI=1S/C12H11N3O3/c13-9-6-10(16)15(7-11(17)18)12(14-9)8-4-2-1-3-5-8/h1-6H,7,13H2,(H,17,18). The van der Waals surface area contributed by atoms with E-state index in [0.717, 1.165) is 10.6 Å². The molecule has 2 aromatic rings. The van der Waals surface area contributed by atoms with Gasteiger partial charge in [-0.05, 0) is 0 Å². The number of nitrogen functional groups attached to an aromatic ring is 1. The first-order chi connectivity index (χ1) is 8.58. The molecule has 0 aliphatic rings. The lowest BCUT2D eigenvalue weighted by Gasteiger charge is -2.10. The van der Waals surface area contributed by atoms with Gasteiger partial charge in [-0.3, -0.25) is 14.2 Å². The SMILES string of the molecule is Nc1cc(=O)n(CC(=O)O)c(-c2ccccc2)n1. The molecule has 0 unspecified atom stereocenters. The van der Waals surface area contributed by atoms with Crippen LogP contribution in [0.1, 0.15) is 0 Å². The predicted octanol–water partition coefficient (Wildman–Crippen LogP) is 0.577. The molecule has 0 saturated heterocycles. The molecule has 18 heavy (non-hydrogen) atoms. The Morgan fingerprint density at radius 2 is 2.00 bits per heavy atom. The van der Waals surface area contributed by atoms with E-state index in [1.807, 2.05) is 6.07 Å². The number of nitrogens with two attached hydrogens (primary N) is 1. The van der Waals surface area contributed by atoms with Crippen molar-refractivity contribution in [2.45, 2.75) is 6.54 Å². The number of hydrogen-bond acceptors (Lipinski definition) is 4. The molecule has 0 bridgehead atoms. The number of aromatic nitrogens is 2. The lowest BCUT2D eigenvalue weighted by atomic mass is 10.2. The molecule has 0 atom stereocenters. The molecule has 0 radical (unpaired) electrons. The van der Waals surface area contributed by atoms with Crippen molar-refractivity contribution in [2.24, 2.45) is 0 Å². The Bertz CT molecular complexity index is 635. The zero-order valence-corrected chi connectivity index (χ0v) is 9.41. The lowest BCUT2D eigenvalue weighted by Crippen LogP contribution is -2.26. The highest BCUT2D eigenvalue weighted by atomic mass is 16.4. The second-order valence-corrected chi connectivity index (χ2v) is 3.69. The molecule has 0 saturated carbocycles. The van der Waals surface area contributed by atoms with Crippen LogP contribution in [0, 0.1) is 0 Å². The van der Waals surface area contributed by atoms with Crippen molar-refractivity contribution in [3.05, 3.63) is 46.8 Å². The van der Waals surface area contributed by atoms with Crippen LogP contribution < -0.4 is 11.3 Å². The third-order valence-corrected chi connectivity index (χ3v) is 2.35. The Morgan fingerprint density at radius 1 is 1.33 bits per heavy atom. The maximum absolute atomic E-state index is 11.7. The van der Waals surface area contributed by atoms with Crippen molar-refractivity contribution in [2.75, 3.05) is 5.73 Å². The Hall–Kier alpha value is -2.63. The first kappa shape index (κ1) is 11.8. The van der Waals surface area contributed by atoms with Gasteiger partial charge >= 0.3 is 5.97 Å². The van der Waals surface area contributed by atoms with Crippen molar-refractivity contribution in [1.82, 2.24) is 9.55 Å². The van der Waals surface area contributed by atoms with E-state index in [2.05, 4.69) is 4.98 Å². The fourth-order valence-corrected chi connectivity index (χ4v) is 1.62. The number of hydrogen-bond donors (Lipinski definition) is 2. The molecular weight excluding hydrogens is 234 g/mol. The van der Waals surface area contributed by atoms with Gasteiger partial charge in [-0.25, -0.2) is 4.98 Å². The maximum atomic E-state index is 11.7. The van der Waals surface area contributed by atoms with E-state index in [-0.39, 0.29) is 11.6 Å². The van der Waals surface area contributed by atoms with Gasteiger partial charge in [-0.2, -0.15) is 0 Å². The molecule has 2 rings (SSSR count). The smallest absolute Gasteiger partial charge is 0.323 e. The summed E-state index contributed by atoms with van der Waals surface area (Å²) in [4.78, 5) is 26.6. The van der Waals surface area contributed by atoms with Crippen molar-refractivity contribution in [1.29, 1.82) is 0 Å². The Morgan fingerprint density at radius 3 is 2.61 bits per heavy atom. The van der Waals surface area contributed by atoms with Gasteiger partial charge in [-0.15, -0.1) is 0 Å². The number of carboxylic acids is 1. The minimum atomic E-state index is -1.11. The predicted molar refractivity (Wildman–Crippen MR) is 66.0 cm³/mol. The summed E-state index contributed by atoms with van der Waals surface area (Å²) < 4.78 is 1.08. The van der Waals surface area contributed by atoms with Gasteiger partial charge in [0.05, 0.1) is 0 Å². The Kier molecular flexibility index (Phi) is 3.09. The summed E-state index contributed by atoms with van der Waals surface area (Å²) in [6.45, 7) is -0.448. The van der Waals surface area contributed by atoms with Gasteiger partial charge in [-0.1, -0.05) is 30.3 Å². The minimum Gasteiger partial charge on any atom is -0.480 e. The Labute approximate surface area is 102 Å². The van der Waals surface area contributed by atoms with E-state index < -0.39 is 18.1 Å². The zero-order valence-electron chi connectivity index (χ0n) is 9.41. The summed E-state index contributed by atoms with van der Waals surface area (Å²) in [6.07, 6.45) is 0. The maximum Gasteiger partial charge on any atom is 0.323 e. The molecular formula is C12H11N3O3. The summed E-state index contributed by atoms with van der Waals surface area (Å²) in [5, 5.41) is 8.81. The van der Waals surface area contributed by atoms with Crippen molar-refractivity contribution in [3.8, 4) is 11.4 Å². The van der Waals surface area contributed by atoms with Crippen LogP contribution in [0.5, 0.6) is 0 Å². The van der Waals surface area contributed by atoms with E-state index >= 15 is 0 Å². The van der Waals surface area contributed by atoms with Crippen LogP contribution in [0.15, 0.2) is 41.2 Å². The highest BCUT2D eigenvalue weighted by molar-refractivity contribution is 5.68. The number of aliphatic carboxylic acids is 1. The number of benzene rings is 1. The van der Waals surface area contributed by atoms with E-state index in [4.69, 9.17) is 10.8 Å². The number of carboxylic acid groups (broad SMARTS) is 1. The quantitative estimate of drug-likeness (QED) is 0.824. The molecule has 92 valence electrons. The van der Waals surface area contributed by atoms with Crippen LogP contribution in [-0.2, 0) is 11.3 Å². The summed E-state index contributed by atoms with van der Waals surface area (Å²) in [5.41, 5.74) is 5.68. The molecule has 1 aromatic heterocycles. The van der Waals surface area contributed by atoms with E-state index in [1.54, 1.807) is 24.3 Å². The molecule has 6 nitrogen and oxygen atoms in total. The average molecular weight is 245 g/mol. The van der Waals surface area contributed by atoms with Gasteiger partial charge in [0.15, 0.2) is 0 Å². The molecule has 0 fully saturated rings. The average Bonchev–Trinajstić information content (AvgIpc) is 2.33. The molecule has 0 spiro atoms. The third kappa shape index (κ3) is 2.37. The summed E-state index contributed by atoms with van der Waals surface area (Å²) in [7, 11) is 0. The van der Waals surface area contributed by atoms with Crippen LogP contribution >= 0.6 is 0 Å².